The second kappa shape index (κ2) is 6.14. The number of allylic oxidation sites excluding steroid dienone is 3. The van der Waals surface area contributed by atoms with Crippen LogP contribution < -0.4 is 0 Å². The molecule has 0 atom stereocenters. The molecule has 0 saturated carbocycles. The first kappa shape index (κ1) is 12.6. The van der Waals surface area contributed by atoms with Crippen molar-refractivity contribution in [3.8, 4) is 0 Å². The van der Waals surface area contributed by atoms with Crippen LogP contribution in [0.3, 0.4) is 0 Å². The summed E-state index contributed by atoms with van der Waals surface area (Å²) in [5.74, 6) is 0. The lowest BCUT2D eigenvalue weighted by molar-refractivity contribution is 0.227. The topological polar surface area (TPSA) is 35.5 Å². The average Bonchev–Trinajstić information content (AvgIpc) is 2.07. The van der Waals surface area contributed by atoms with Gasteiger partial charge in [-0.05, 0) is 20.8 Å². The molecule has 0 heterocycles. The molecule has 0 amide bonds. The van der Waals surface area contributed by atoms with Crippen LogP contribution in [0.2, 0.25) is 0 Å². The molecule has 0 aromatic heterocycles. The summed E-state index contributed by atoms with van der Waals surface area (Å²) in [5.41, 5.74) is 0. The molecule has 3 nitrogen and oxygen atoms in total. The Morgan fingerprint density at radius 1 is 1.38 bits per heavy atom. The summed E-state index contributed by atoms with van der Waals surface area (Å²) in [4.78, 5) is 0. The Balaban J connectivity index is 4.76. The summed E-state index contributed by atoms with van der Waals surface area (Å²) in [5, 5.41) is 0.524. The maximum Gasteiger partial charge on any atom is 0.360 e. The summed E-state index contributed by atoms with van der Waals surface area (Å²) in [6.45, 7) is 9.63. The monoisotopic (exact) mass is 204 g/mol. The molecule has 0 N–H and O–H groups in total. The molecule has 0 rings (SSSR count). The van der Waals surface area contributed by atoms with E-state index in [1.54, 1.807) is 26.8 Å². The van der Waals surface area contributed by atoms with Crippen molar-refractivity contribution in [2.24, 2.45) is 0 Å². The standard InChI is InChI=1S/C9H17O3P/c1-5-9(6-2)13(10,11-7-3)12-8-4/h5-6H,1,7-8H2,2-4H3/b9-6-. The minimum absolute atomic E-state index is 0.364. The third-order valence-corrected chi connectivity index (χ3v) is 3.69. The largest absolute Gasteiger partial charge is 0.360 e. The molecule has 0 aromatic carbocycles. The van der Waals surface area contributed by atoms with E-state index in [1.807, 2.05) is 0 Å². The smallest absolute Gasteiger partial charge is 0.306 e. The predicted molar refractivity (Wildman–Crippen MR) is 54.8 cm³/mol. The lowest BCUT2D eigenvalue weighted by Crippen LogP contribution is -1.97. The third-order valence-electron chi connectivity index (χ3n) is 1.42. The molecule has 4 heteroatoms. The van der Waals surface area contributed by atoms with Gasteiger partial charge in [-0.3, -0.25) is 4.57 Å². The molecule has 0 aromatic rings. The van der Waals surface area contributed by atoms with Crippen LogP contribution in [0.4, 0.5) is 0 Å². The van der Waals surface area contributed by atoms with E-state index < -0.39 is 7.60 Å². The van der Waals surface area contributed by atoms with Crippen molar-refractivity contribution < 1.29 is 13.6 Å². The maximum atomic E-state index is 12.0. The lowest BCUT2D eigenvalue weighted by atomic mass is 10.5. The van der Waals surface area contributed by atoms with Crippen molar-refractivity contribution in [1.29, 1.82) is 0 Å². The summed E-state index contributed by atoms with van der Waals surface area (Å²) >= 11 is 0. The zero-order chi connectivity index (χ0) is 10.3. The Bertz CT molecular complexity index is 223. The highest BCUT2D eigenvalue weighted by molar-refractivity contribution is 7.58. The Morgan fingerprint density at radius 3 is 2.08 bits per heavy atom. The quantitative estimate of drug-likeness (QED) is 0.491. The van der Waals surface area contributed by atoms with Gasteiger partial charge in [0.05, 0.1) is 18.5 Å². The molecule has 0 bridgehead atoms. The van der Waals surface area contributed by atoms with E-state index in [0.717, 1.165) is 0 Å². The Labute approximate surface area is 80.0 Å². The van der Waals surface area contributed by atoms with E-state index in [0.29, 0.717) is 18.5 Å². The normalized spacial score (nSPS) is 13.0. The molecule has 76 valence electrons. The van der Waals surface area contributed by atoms with Crippen LogP contribution in [0.25, 0.3) is 0 Å². The van der Waals surface area contributed by atoms with Crippen molar-refractivity contribution in [3.63, 3.8) is 0 Å². The van der Waals surface area contributed by atoms with Gasteiger partial charge < -0.3 is 9.05 Å². The molecule has 0 radical (unpaired) electrons. The highest BCUT2D eigenvalue weighted by Crippen LogP contribution is 2.56. The summed E-state index contributed by atoms with van der Waals surface area (Å²) in [7, 11) is -3.09. The van der Waals surface area contributed by atoms with Crippen molar-refractivity contribution in [1.82, 2.24) is 0 Å². The van der Waals surface area contributed by atoms with E-state index >= 15 is 0 Å². The van der Waals surface area contributed by atoms with Crippen LogP contribution in [-0.4, -0.2) is 13.2 Å². The van der Waals surface area contributed by atoms with E-state index in [2.05, 4.69) is 6.58 Å². The summed E-state index contributed by atoms with van der Waals surface area (Å²) in [6.07, 6.45) is 3.20. The van der Waals surface area contributed by atoms with Crippen LogP contribution in [0.15, 0.2) is 24.0 Å². The fraction of sp³-hybridized carbons (Fsp3) is 0.556. The predicted octanol–water partition coefficient (Wildman–Crippen LogP) is 3.34. The van der Waals surface area contributed by atoms with Crippen molar-refractivity contribution >= 4 is 7.60 Å². The minimum Gasteiger partial charge on any atom is -0.306 e. The van der Waals surface area contributed by atoms with Gasteiger partial charge in [-0.2, -0.15) is 0 Å². The minimum atomic E-state index is -3.09. The van der Waals surface area contributed by atoms with Gasteiger partial charge in [0.2, 0.25) is 0 Å². The molecule has 13 heavy (non-hydrogen) atoms. The highest BCUT2D eigenvalue weighted by atomic mass is 31.2. The highest BCUT2D eigenvalue weighted by Gasteiger charge is 2.26. The van der Waals surface area contributed by atoms with Gasteiger partial charge in [-0.15, -0.1) is 0 Å². The first-order valence-electron chi connectivity index (χ1n) is 4.33. The molecular weight excluding hydrogens is 187 g/mol. The van der Waals surface area contributed by atoms with Gasteiger partial charge in [0.25, 0.3) is 0 Å². The maximum absolute atomic E-state index is 12.0. The van der Waals surface area contributed by atoms with Crippen LogP contribution in [-0.2, 0) is 13.6 Å². The van der Waals surface area contributed by atoms with Crippen molar-refractivity contribution in [3.05, 3.63) is 24.0 Å². The Kier molecular flexibility index (Phi) is 5.97. The van der Waals surface area contributed by atoms with Gasteiger partial charge in [0.1, 0.15) is 0 Å². The zero-order valence-electron chi connectivity index (χ0n) is 8.45. The number of hydrogen-bond acceptors (Lipinski definition) is 3. The molecule has 0 spiro atoms. The molecule has 0 aliphatic heterocycles. The SMILES string of the molecule is C=C/C(=C/C)P(=O)(OCC)OCC. The first-order valence-corrected chi connectivity index (χ1v) is 5.87. The number of rotatable bonds is 6. The van der Waals surface area contributed by atoms with Crippen LogP contribution in [0, 0.1) is 0 Å². The molecular formula is C9H17O3P. The second-order valence-electron chi connectivity index (χ2n) is 2.25. The molecule has 0 fully saturated rings. The Hall–Kier alpha value is -0.370. The second-order valence-corrected chi connectivity index (χ2v) is 4.28. The van der Waals surface area contributed by atoms with Crippen LogP contribution in [0.1, 0.15) is 20.8 Å². The van der Waals surface area contributed by atoms with Crippen LogP contribution >= 0.6 is 7.60 Å². The fourth-order valence-corrected chi connectivity index (χ4v) is 2.51. The van der Waals surface area contributed by atoms with Gasteiger partial charge in [-0.1, -0.05) is 18.7 Å². The van der Waals surface area contributed by atoms with Gasteiger partial charge in [0.15, 0.2) is 0 Å². The average molecular weight is 204 g/mol. The molecule has 0 unspecified atom stereocenters. The summed E-state index contributed by atoms with van der Waals surface area (Å²) in [6, 6.07) is 0. The van der Waals surface area contributed by atoms with Crippen LogP contribution in [0.5, 0.6) is 0 Å². The van der Waals surface area contributed by atoms with Gasteiger partial charge >= 0.3 is 7.60 Å². The van der Waals surface area contributed by atoms with E-state index in [-0.39, 0.29) is 0 Å². The lowest BCUT2D eigenvalue weighted by Gasteiger charge is -2.17. The van der Waals surface area contributed by atoms with E-state index in [1.165, 1.54) is 6.08 Å². The molecule has 0 aliphatic carbocycles. The third kappa shape index (κ3) is 3.47. The molecule has 0 saturated heterocycles. The zero-order valence-corrected chi connectivity index (χ0v) is 9.34. The van der Waals surface area contributed by atoms with Gasteiger partial charge in [-0.25, -0.2) is 0 Å². The van der Waals surface area contributed by atoms with E-state index in [9.17, 15) is 4.57 Å². The Morgan fingerprint density at radius 2 is 1.85 bits per heavy atom. The van der Waals surface area contributed by atoms with Crippen molar-refractivity contribution in [2.75, 3.05) is 13.2 Å². The number of hydrogen-bond donors (Lipinski definition) is 0. The molecule has 0 aliphatic rings. The van der Waals surface area contributed by atoms with Crippen molar-refractivity contribution in [2.45, 2.75) is 20.8 Å². The van der Waals surface area contributed by atoms with E-state index in [4.69, 9.17) is 9.05 Å². The first-order chi connectivity index (χ1) is 6.14. The van der Waals surface area contributed by atoms with Gasteiger partial charge in [0, 0.05) is 0 Å². The summed E-state index contributed by atoms with van der Waals surface area (Å²) < 4.78 is 22.2. The fourth-order valence-electron chi connectivity index (χ4n) is 0.914.